The van der Waals surface area contributed by atoms with Gasteiger partial charge in [0.15, 0.2) is 0 Å². The zero-order valence-electron chi connectivity index (χ0n) is 20.4. The summed E-state index contributed by atoms with van der Waals surface area (Å²) in [5.41, 5.74) is 1.30. The molecule has 0 saturated heterocycles. The number of hydrogen-bond acceptors (Lipinski definition) is 6. The molecule has 1 atom stereocenters. The normalized spacial score (nSPS) is 12.6. The number of halogens is 1. The van der Waals surface area contributed by atoms with Gasteiger partial charge in [0.2, 0.25) is 5.62 Å². The van der Waals surface area contributed by atoms with Crippen molar-refractivity contribution in [2.45, 2.75) is 46.9 Å². The number of benzene rings is 2. The highest BCUT2D eigenvalue weighted by molar-refractivity contribution is 9.10. The van der Waals surface area contributed by atoms with E-state index in [1.807, 2.05) is 45.0 Å². The van der Waals surface area contributed by atoms with Crippen LogP contribution in [0.25, 0.3) is 0 Å². The van der Waals surface area contributed by atoms with Gasteiger partial charge in [0.1, 0.15) is 5.75 Å². The predicted octanol–water partition coefficient (Wildman–Crippen LogP) is 3.29. The molecule has 3 aromatic rings. The lowest BCUT2D eigenvalue weighted by atomic mass is 10.1. The van der Waals surface area contributed by atoms with Crippen LogP contribution in [0.4, 0.5) is 5.69 Å². The van der Waals surface area contributed by atoms with E-state index in [2.05, 4.69) is 25.9 Å². The molecule has 0 bridgehead atoms. The Morgan fingerprint density at radius 2 is 1.77 bits per heavy atom. The summed E-state index contributed by atoms with van der Waals surface area (Å²) in [5.74, 6) is -0.533. The largest absolute Gasteiger partial charge is 0.490 e. The Balaban J connectivity index is 2.15. The van der Waals surface area contributed by atoms with Gasteiger partial charge < -0.3 is 9.47 Å². The molecule has 0 fully saturated rings. The molecule has 1 aromatic heterocycles. The second-order valence-corrected chi connectivity index (χ2v) is 9.39. The molecule has 0 spiro atoms. The van der Waals surface area contributed by atoms with E-state index in [-0.39, 0.29) is 24.8 Å². The Kier molecular flexibility index (Phi) is 8.50. The predicted molar refractivity (Wildman–Crippen MR) is 136 cm³/mol. The van der Waals surface area contributed by atoms with Gasteiger partial charge in [-0.15, -0.1) is 0 Å². The second kappa shape index (κ2) is 11.4. The summed E-state index contributed by atoms with van der Waals surface area (Å²) in [6, 6.07) is 13.0. The molecule has 3 rings (SSSR count). The lowest BCUT2D eigenvalue weighted by Crippen LogP contribution is -2.51. The lowest BCUT2D eigenvalue weighted by Gasteiger charge is -2.14. The Labute approximate surface area is 211 Å². The SMILES string of the molecule is COC(=O)[C@@H](C)Cn1c(=O)[nH]/c(=N\c2ccc(OC(C)C)c(Br)c2)n(Cc2ccc(C)cc2)c1=O. The first-order valence-corrected chi connectivity index (χ1v) is 12.0. The molecule has 0 radical (unpaired) electrons. The average molecular weight is 545 g/mol. The number of nitrogens with zero attached hydrogens (tertiary/aromatic N) is 3. The van der Waals surface area contributed by atoms with Crippen molar-refractivity contribution in [1.82, 2.24) is 14.1 Å². The first kappa shape index (κ1) is 26.2. The maximum absolute atomic E-state index is 13.4. The van der Waals surface area contributed by atoms with Gasteiger partial charge in [-0.25, -0.2) is 19.1 Å². The van der Waals surface area contributed by atoms with Crippen LogP contribution in [-0.4, -0.2) is 33.3 Å². The third-order valence-corrected chi connectivity index (χ3v) is 5.84. The number of rotatable bonds is 8. The van der Waals surface area contributed by atoms with Crippen LogP contribution in [0.5, 0.6) is 5.75 Å². The number of hydrogen-bond donors (Lipinski definition) is 1. The lowest BCUT2D eigenvalue weighted by molar-refractivity contribution is -0.145. The summed E-state index contributed by atoms with van der Waals surface area (Å²) in [6.07, 6.45) is 0.00193. The highest BCUT2D eigenvalue weighted by atomic mass is 79.9. The Hall–Kier alpha value is -3.40. The number of esters is 1. The van der Waals surface area contributed by atoms with Crippen LogP contribution in [0.15, 0.2) is 61.5 Å². The third kappa shape index (κ3) is 6.60. The number of methoxy groups -OCH3 is 1. The summed E-state index contributed by atoms with van der Waals surface area (Å²) >= 11 is 3.48. The summed E-state index contributed by atoms with van der Waals surface area (Å²) < 4.78 is 13.5. The molecule has 10 heteroatoms. The van der Waals surface area contributed by atoms with E-state index in [0.717, 1.165) is 15.7 Å². The van der Waals surface area contributed by atoms with Crippen LogP contribution < -0.4 is 21.7 Å². The van der Waals surface area contributed by atoms with Gasteiger partial charge in [-0.05, 0) is 60.5 Å². The smallest absolute Gasteiger partial charge is 0.335 e. The van der Waals surface area contributed by atoms with Crippen molar-refractivity contribution in [1.29, 1.82) is 0 Å². The van der Waals surface area contributed by atoms with Crippen LogP contribution in [0.1, 0.15) is 31.9 Å². The van der Waals surface area contributed by atoms with Gasteiger partial charge in [0.25, 0.3) is 0 Å². The van der Waals surface area contributed by atoms with E-state index in [0.29, 0.717) is 15.9 Å². The molecule has 0 amide bonds. The number of aromatic nitrogens is 3. The number of H-pyrrole nitrogens is 1. The fourth-order valence-corrected chi connectivity index (χ4v) is 3.86. The molecule has 0 saturated carbocycles. The maximum atomic E-state index is 13.4. The number of aromatic amines is 1. The molecule has 1 heterocycles. The molecule has 2 aromatic carbocycles. The minimum absolute atomic E-state index is 0.00193. The van der Waals surface area contributed by atoms with Gasteiger partial charge in [0.05, 0.1) is 35.8 Å². The van der Waals surface area contributed by atoms with Crippen molar-refractivity contribution in [2.24, 2.45) is 10.9 Å². The number of aryl methyl sites for hydroxylation is 1. The van der Waals surface area contributed by atoms with Crippen molar-refractivity contribution in [2.75, 3.05) is 7.11 Å². The van der Waals surface area contributed by atoms with Crippen LogP contribution >= 0.6 is 15.9 Å². The Morgan fingerprint density at radius 3 is 2.37 bits per heavy atom. The molecular weight excluding hydrogens is 516 g/mol. The Morgan fingerprint density at radius 1 is 1.09 bits per heavy atom. The summed E-state index contributed by atoms with van der Waals surface area (Å²) in [6.45, 7) is 7.49. The zero-order valence-corrected chi connectivity index (χ0v) is 22.0. The van der Waals surface area contributed by atoms with E-state index in [1.54, 1.807) is 25.1 Å². The number of carbonyl (C=O) groups is 1. The molecule has 35 heavy (non-hydrogen) atoms. The van der Waals surface area contributed by atoms with Crippen LogP contribution in [0.2, 0.25) is 0 Å². The Bertz CT molecular complexity index is 1390. The molecule has 1 N–H and O–H groups in total. The van der Waals surface area contributed by atoms with E-state index in [4.69, 9.17) is 9.47 Å². The minimum atomic E-state index is -0.682. The van der Waals surface area contributed by atoms with Gasteiger partial charge in [-0.2, -0.15) is 0 Å². The van der Waals surface area contributed by atoms with Crippen molar-refractivity contribution >= 4 is 27.6 Å². The number of ether oxygens (including phenoxy) is 2. The van der Waals surface area contributed by atoms with Gasteiger partial charge >= 0.3 is 17.3 Å². The van der Waals surface area contributed by atoms with Gasteiger partial charge in [-0.3, -0.25) is 14.3 Å². The summed E-state index contributed by atoms with van der Waals surface area (Å²) in [7, 11) is 1.26. The quantitative estimate of drug-likeness (QED) is 0.438. The monoisotopic (exact) mass is 544 g/mol. The molecule has 186 valence electrons. The summed E-state index contributed by atoms with van der Waals surface area (Å²) in [4.78, 5) is 45.4. The third-order valence-electron chi connectivity index (χ3n) is 5.22. The second-order valence-electron chi connectivity index (χ2n) is 8.54. The zero-order chi connectivity index (χ0) is 25.7. The fraction of sp³-hybridized carbons (Fsp3) is 0.360. The highest BCUT2D eigenvalue weighted by Crippen LogP contribution is 2.29. The molecule has 0 unspecified atom stereocenters. The van der Waals surface area contributed by atoms with Crippen molar-refractivity contribution < 1.29 is 14.3 Å². The van der Waals surface area contributed by atoms with Crippen molar-refractivity contribution in [3.63, 3.8) is 0 Å². The molecule has 0 aliphatic heterocycles. The topological polar surface area (TPSA) is 108 Å². The highest BCUT2D eigenvalue weighted by Gasteiger charge is 2.18. The van der Waals surface area contributed by atoms with Gasteiger partial charge in [0, 0.05) is 6.54 Å². The maximum Gasteiger partial charge on any atom is 0.335 e. The van der Waals surface area contributed by atoms with Crippen LogP contribution in [0.3, 0.4) is 0 Å². The molecule has 9 nitrogen and oxygen atoms in total. The van der Waals surface area contributed by atoms with E-state index >= 15 is 0 Å². The molecule has 0 aliphatic carbocycles. The average Bonchev–Trinajstić information content (AvgIpc) is 2.81. The van der Waals surface area contributed by atoms with E-state index in [1.165, 1.54) is 11.7 Å². The minimum Gasteiger partial charge on any atom is -0.490 e. The molecule has 0 aliphatic rings. The fourth-order valence-electron chi connectivity index (χ4n) is 3.40. The first-order valence-electron chi connectivity index (χ1n) is 11.2. The van der Waals surface area contributed by atoms with E-state index < -0.39 is 23.3 Å². The first-order chi connectivity index (χ1) is 16.6. The standard InChI is InChI=1S/C25H29BrN4O5/c1-15(2)35-21-11-10-19(12-20(21)26)27-23-28-24(32)30(13-17(4)22(31)34-5)25(33)29(23)14-18-8-6-16(3)7-9-18/h6-12,15,17H,13-14H2,1-5H3,(H,27,28,32)/t17-/m0/s1. The molecular formula is C25H29BrN4O5. The van der Waals surface area contributed by atoms with Crippen LogP contribution in [0, 0.1) is 12.8 Å². The van der Waals surface area contributed by atoms with Crippen molar-refractivity contribution in [3.8, 4) is 5.75 Å². The summed E-state index contributed by atoms with van der Waals surface area (Å²) in [5, 5.41) is 0. The van der Waals surface area contributed by atoms with Crippen LogP contribution in [-0.2, 0) is 22.6 Å². The van der Waals surface area contributed by atoms with E-state index in [9.17, 15) is 14.4 Å². The number of nitrogens with one attached hydrogen (secondary N) is 1. The van der Waals surface area contributed by atoms with Crippen molar-refractivity contribution in [3.05, 3.63) is 84.7 Å². The van der Waals surface area contributed by atoms with Gasteiger partial charge in [-0.1, -0.05) is 36.8 Å². The number of carbonyl (C=O) groups excluding carboxylic acids is 1.